The van der Waals surface area contributed by atoms with Crippen molar-refractivity contribution >= 4 is 40.0 Å². The summed E-state index contributed by atoms with van der Waals surface area (Å²) < 4.78 is 3.50. The van der Waals surface area contributed by atoms with Crippen LogP contribution in [0.1, 0.15) is 18.9 Å². The Morgan fingerprint density at radius 2 is 1.84 bits per heavy atom. The van der Waals surface area contributed by atoms with E-state index in [4.69, 9.17) is 22.3 Å². The molecule has 192 valence electrons. The number of halogens is 1. The Labute approximate surface area is 224 Å². The van der Waals surface area contributed by atoms with E-state index in [2.05, 4.69) is 27.3 Å². The number of aromatic nitrogens is 5. The van der Waals surface area contributed by atoms with E-state index in [1.807, 2.05) is 59.4 Å². The van der Waals surface area contributed by atoms with E-state index in [9.17, 15) is 4.79 Å². The molecule has 1 aliphatic rings. The zero-order valence-electron chi connectivity index (χ0n) is 20.9. The number of anilines is 3. The normalized spacial score (nSPS) is 14.7. The Kier molecular flexibility index (Phi) is 6.30. The van der Waals surface area contributed by atoms with Crippen LogP contribution in [0.3, 0.4) is 0 Å². The van der Waals surface area contributed by atoms with Gasteiger partial charge in [-0.3, -0.25) is 14.0 Å². The number of nitrogens with one attached hydrogen (secondary N) is 1. The van der Waals surface area contributed by atoms with Crippen LogP contribution in [0.5, 0.6) is 0 Å². The van der Waals surface area contributed by atoms with Gasteiger partial charge in [-0.1, -0.05) is 48.0 Å². The van der Waals surface area contributed by atoms with Gasteiger partial charge < -0.3 is 16.0 Å². The number of fused-ring (bicyclic) bond motifs is 1. The summed E-state index contributed by atoms with van der Waals surface area (Å²) in [5, 5.41) is 8.79. The third kappa shape index (κ3) is 4.62. The summed E-state index contributed by atoms with van der Waals surface area (Å²) in [6.07, 6.45) is 5.62. The highest BCUT2D eigenvalue weighted by molar-refractivity contribution is 6.32. The van der Waals surface area contributed by atoms with E-state index in [0.717, 1.165) is 31.5 Å². The highest BCUT2D eigenvalue weighted by atomic mass is 35.5. The van der Waals surface area contributed by atoms with Crippen molar-refractivity contribution in [1.82, 2.24) is 29.2 Å². The van der Waals surface area contributed by atoms with Gasteiger partial charge in [0.05, 0.1) is 23.6 Å². The summed E-state index contributed by atoms with van der Waals surface area (Å²) in [6.45, 7) is 2.04. The van der Waals surface area contributed by atoms with Crippen LogP contribution in [0.2, 0.25) is 5.15 Å². The minimum absolute atomic E-state index is 0.202. The molecule has 0 radical (unpaired) electrons. The van der Waals surface area contributed by atoms with Gasteiger partial charge in [-0.05, 0) is 62.8 Å². The average Bonchev–Trinajstić information content (AvgIpc) is 3.29. The molecule has 0 spiro atoms. The zero-order valence-corrected chi connectivity index (χ0v) is 21.6. The lowest BCUT2D eigenvalue weighted by Gasteiger charge is -2.28. The minimum Gasteiger partial charge on any atom is -0.399 e. The predicted octanol–water partition coefficient (Wildman–Crippen LogP) is 4.89. The Balaban J connectivity index is 1.43. The first-order valence-corrected chi connectivity index (χ1v) is 12.9. The van der Waals surface area contributed by atoms with Crippen LogP contribution in [-0.2, 0) is 0 Å². The standard InChI is InChI=1S/C28H27ClN8O/c1-35-12-10-21(11-13-35)36-17-24(25(29)34-36)32-28-31-16-19-14-23(18-6-3-2-4-7-18)27(38)37(26(19)33-28)22-9-5-8-20(30)15-22/h2-9,14-17,21H,10-13,30H2,1H3,(H,31,32,33). The summed E-state index contributed by atoms with van der Waals surface area (Å²) >= 11 is 6.49. The number of rotatable bonds is 5. The molecule has 4 heterocycles. The molecule has 1 saturated heterocycles. The number of likely N-dealkylation sites (tertiary alicyclic amines) is 1. The van der Waals surface area contributed by atoms with Gasteiger partial charge in [0.25, 0.3) is 5.56 Å². The van der Waals surface area contributed by atoms with E-state index in [1.54, 1.807) is 22.9 Å². The lowest BCUT2D eigenvalue weighted by molar-refractivity contribution is 0.212. The molecule has 0 aliphatic carbocycles. The fourth-order valence-corrected chi connectivity index (χ4v) is 5.09. The molecule has 6 rings (SSSR count). The maximum atomic E-state index is 13.8. The van der Waals surface area contributed by atoms with Crippen LogP contribution in [0.15, 0.2) is 77.9 Å². The fraction of sp³-hybridized carbons (Fsp3) is 0.214. The molecule has 9 nitrogen and oxygen atoms in total. The molecule has 2 aromatic carbocycles. The maximum absolute atomic E-state index is 13.8. The predicted molar refractivity (Wildman–Crippen MR) is 151 cm³/mol. The summed E-state index contributed by atoms with van der Waals surface area (Å²) in [7, 11) is 2.13. The van der Waals surface area contributed by atoms with Crippen LogP contribution in [0.4, 0.5) is 17.3 Å². The number of nitrogens with two attached hydrogens (primary N) is 1. The van der Waals surface area contributed by atoms with Crippen molar-refractivity contribution in [3.8, 4) is 16.8 Å². The lowest BCUT2D eigenvalue weighted by atomic mass is 10.1. The van der Waals surface area contributed by atoms with E-state index in [1.165, 1.54) is 0 Å². The monoisotopic (exact) mass is 526 g/mol. The first kappa shape index (κ1) is 24.1. The summed E-state index contributed by atoms with van der Waals surface area (Å²) in [4.78, 5) is 25.4. The summed E-state index contributed by atoms with van der Waals surface area (Å²) in [6, 6.07) is 18.9. The highest BCUT2D eigenvalue weighted by Gasteiger charge is 2.21. The van der Waals surface area contributed by atoms with E-state index >= 15 is 0 Å². The number of benzene rings is 2. The van der Waals surface area contributed by atoms with Crippen LogP contribution < -0.4 is 16.6 Å². The van der Waals surface area contributed by atoms with Gasteiger partial charge in [-0.15, -0.1) is 0 Å². The van der Waals surface area contributed by atoms with Crippen molar-refractivity contribution in [1.29, 1.82) is 0 Å². The first-order valence-electron chi connectivity index (χ1n) is 12.5. The Morgan fingerprint density at radius 1 is 1.05 bits per heavy atom. The third-order valence-corrected chi connectivity index (χ3v) is 7.23. The smallest absolute Gasteiger partial charge is 0.264 e. The van der Waals surface area contributed by atoms with Crippen molar-refractivity contribution in [3.05, 3.63) is 88.6 Å². The van der Waals surface area contributed by atoms with E-state index < -0.39 is 0 Å². The topological polar surface area (TPSA) is 107 Å². The largest absolute Gasteiger partial charge is 0.399 e. The quantitative estimate of drug-likeness (QED) is 0.314. The Hall–Kier alpha value is -4.21. The van der Waals surface area contributed by atoms with Crippen LogP contribution in [0, 0.1) is 0 Å². The van der Waals surface area contributed by atoms with Gasteiger partial charge in [0.2, 0.25) is 5.95 Å². The molecular weight excluding hydrogens is 500 g/mol. The second kappa shape index (κ2) is 9.92. The molecule has 3 aromatic heterocycles. The van der Waals surface area contributed by atoms with E-state index in [0.29, 0.717) is 50.8 Å². The molecule has 0 unspecified atom stereocenters. The Morgan fingerprint density at radius 3 is 2.61 bits per heavy atom. The van der Waals surface area contributed by atoms with Gasteiger partial charge in [-0.2, -0.15) is 10.1 Å². The molecule has 10 heteroatoms. The van der Waals surface area contributed by atoms with Crippen LogP contribution in [-0.4, -0.2) is 49.4 Å². The van der Waals surface area contributed by atoms with Crippen LogP contribution in [0.25, 0.3) is 27.8 Å². The molecule has 38 heavy (non-hydrogen) atoms. The first-order chi connectivity index (χ1) is 18.5. The minimum atomic E-state index is -0.202. The molecule has 0 saturated carbocycles. The molecular formula is C28H27ClN8O. The maximum Gasteiger partial charge on any atom is 0.264 e. The van der Waals surface area contributed by atoms with Crippen molar-refractivity contribution in [2.45, 2.75) is 18.9 Å². The number of piperidine rings is 1. The van der Waals surface area contributed by atoms with Gasteiger partial charge in [0, 0.05) is 22.8 Å². The molecule has 3 N–H and O–H groups in total. The SMILES string of the molecule is CN1CCC(n2cc(Nc3ncc4cc(-c5ccccc5)c(=O)n(-c5cccc(N)c5)c4n3)c(Cl)n2)CC1. The van der Waals surface area contributed by atoms with Crippen molar-refractivity contribution in [2.75, 3.05) is 31.2 Å². The second-order valence-corrected chi connectivity index (χ2v) is 9.96. The van der Waals surface area contributed by atoms with E-state index in [-0.39, 0.29) is 5.56 Å². The molecule has 1 fully saturated rings. The molecule has 1 aliphatic heterocycles. The third-order valence-electron chi connectivity index (χ3n) is 6.95. The number of nitrogens with zero attached hydrogens (tertiary/aromatic N) is 6. The number of nitrogen functional groups attached to an aromatic ring is 1. The molecule has 0 amide bonds. The molecule has 0 atom stereocenters. The number of pyridine rings is 1. The summed E-state index contributed by atoms with van der Waals surface area (Å²) in [5.74, 6) is 0.312. The number of hydrogen-bond donors (Lipinski definition) is 2. The lowest BCUT2D eigenvalue weighted by Crippen LogP contribution is -2.31. The molecule has 0 bridgehead atoms. The Bertz CT molecular complexity index is 1670. The zero-order chi connectivity index (χ0) is 26.2. The highest BCUT2D eigenvalue weighted by Crippen LogP contribution is 2.29. The van der Waals surface area contributed by atoms with Crippen molar-refractivity contribution in [3.63, 3.8) is 0 Å². The summed E-state index contributed by atoms with van der Waals surface area (Å²) in [5.41, 5.74) is 9.47. The average molecular weight is 527 g/mol. The van der Waals surface area contributed by atoms with Gasteiger partial charge in [-0.25, -0.2) is 4.98 Å². The van der Waals surface area contributed by atoms with Gasteiger partial charge in [0.15, 0.2) is 10.8 Å². The van der Waals surface area contributed by atoms with Crippen LogP contribution >= 0.6 is 11.6 Å². The van der Waals surface area contributed by atoms with Gasteiger partial charge >= 0.3 is 0 Å². The van der Waals surface area contributed by atoms with Gasteiger partial charge in [0.1, 0.15) is 0 Å². The molecule has 5 aromatic rings. The van der Waals surface area contributed by atoms with Crippen molar-refractivity contribution in [2.24, 2.45) is 0 Å². The fourth-order valence-electron chi connectivity index (χ4n) is 4.91. The van der Waals surface area contributed by atoms with Crippen molar-refractivity contribution < 1.29 is 0 Å². The second-order valence-electron chi connectivity index (χ2n) is 9.61. The number of hydrogen-bond acceptors (Lipinski definition) is 7.